The third-order valence-corrected chi connectivity index (χ3v) is 4.12. The molecule has 0 radical (unpaired) electrons. The standard InChI is InChI=1S/C16H26N4O/c1-12-10-14(17)4-5-15(12)18-16(21)6-7-20-9-8-19(3)11-13(20)2/h4-5,10,13H,6-9,11,17H2,1-3H3,(H,18,21). The van der Waals surface area contributed by atoms with Gasteiger partial charge in [0.15, 0.2) is 0 Å². The normalized spacial score (nSPS) is 20.4. The lowest BCUT2D eigenvalue weighted by molar-refractivity contribution is -0.116. The fraction of sp³-hybridized carbons (Fsp3) is 0.562. The van der Waals surface area contributed by atoms with E-state index in [9.17, 15) is 4.79 Å². The minimum absolute atomic E-state index is 0.0639. The quantitative estimate of drug-likeness (QED) is 0.826. The van der Waals surface area contributed by atoms with Crippen LogP contribution in [0.3, 0.4) is 0 Å². The van der Waals surface area contributed by atoms with Crippen LogP contribution >= 0.6 is 0 Å². The largest absolute Gasteiger partial charge is 0.399 e. The number of nitrogen functional groups attached to an aromatic ring is 1. The number of carbonyl (C=O) groups excluding carboxylic acids is 1. The first kappa shape index (κ1) is 15.8. The van der Waals surface area contributed by atoms with Crippen LogP contribution in [0.1, 0.15) is 18.9 Å². The Bertz CT molecular complexity index is 503. The molecule has 0 aromatic heterocycles. The van der Waals surface area contributed by atoms with Crippen molar-refractivity contribution >= 4 is 17.3 Å². The number of anilines is 2. The fourth-order valence-corrected chi connectivity index (χ4v) is 2.79. The zero-order valence-corrected chi connectivity index (χ0v) is 13.2. The van der Waals surface area contributed by atoms with Crippen molar-refractivity contribution in [3.05, 3.63) is 23.8 Å². The molecule has 21 heavy (non-hydrogen) atoms. The second kappa shape index (κ2) is 6.91. The lowest BCUT2D eigenvalue weighted by Crippen LogP contribution is -2.50. The summed E-state index contributed by atoms with van der Waals surface area (Å²) in [5.41, 5.74) is 8.28. The van der Waals surface area contributed by atoms with Gasteiger partial charge in [-0.25, -0.2) is 0 Å². The van der Waals surface area contributed by atoms with Gasteiger partial charge in [0.05, 0.1) is 0 Å². The summed E-state index contributed by atoms with van der Waals surface area (Å²) in [6.07, 6.45) is 0.526. The van der Waals surface area contributed by atoms with Crippen LogP contribution in [0.2, 0.25) is 0 Å². The molecule has 3 N–H and O–H groups in total. The molecule has 1 aromatic carbocycles. The highest BCUT2D eigenvalue weighted by molar-refractivity contribution is 5.91. The van der Waals surface area contributed by atoms with Gasteiger partial charge in [0.25, 0.3) is 0 Å². The third-order valence-electron chi connectivity index (χ3n) is 4.12. The summed E-state index contributed by atoms with van der Waals surface area (Å²) in [6.45, 7) is 8.16. The molecule has 1 aliphatic heterocycles. The van der Waals surface area contributed by atoms with E-state index in [1.165, 1.54) is 0 Å². The molecule has 1 aromatic rings. The molecule has 116 valence electrons. The van der Waals surface area contributed by atoms with Crippen molar-refractivity contribution in [2.75, 3.05) is 44.3 Å². The van der Waals surface area contributed by atoms with E-state index in [4.69, 9.17) is 5.73 Å². The lowest BCUT2D eigenvalue weighted by atomic mass is 10.1. The van der Waals surface area contributed by atoms with Gasteiger partial charge in [-0.2, -0.15) is 0 Å². The zero-order valence-electron chi connectivity index (χ0n) is 13.2. The van der Waals surface area contributed by atoms with Crippen molar-refractivity contribution < 1.29 is 4.79 Å². The first-order chi connectivity index (χ1) is 9.95. The van der Waals surface area contributed by atoms with E-state index < -0.39 is 0 Å². The van der Waals surface area contributed by atoms with E-state index in [-0.39, 0.29) is 5.91 Å². The van der Waals surface area contributed by atoms with Crippen molar-refractivity contribution in [3.63, 3.8) is 0 Å². The summed E-state index contributed by atoms with van der Waals surface area (Å²) in [7, 11) is 2.14. The van der Waals surface area contributed by atoms with Crippen molar-refractivity contribution in [2.24, 2.45) is 0 Å². The number of likely N-dealkylation sites (N-methyl/N-ethyl adjacent to an activating group) is 1. The van der Waals surface area contributed by atoms with Gasteiger partial charge in [-0.15, -0.1) is 0 Å². The lowest BCUT2D eigenvalue weighted by Gasteiger charge is -2.38. The summed E-state index contributed by atoms with van der Waals surface area (Å²) in [6, 6.07) is 6.06. The van der Waals surface area contributed by atoms with E-state index in [0.29, 0.717) is 12.5 Å². The number of hydrogen-bond acceptors (Lipinski definition) is 4. The van der Waals surface area contributed by atoms with Crippen LogP contribution in [0, 0.1) is 6.92 Å². The fourth-order valence-electron chi connectivity index (χ4n) is 2.79. The molecule has 1 fully saturated rings. The monoisotopic (exact) mass is 290 g/mol. The van der Waals surface area contributed by atoms with Crippen molar-refractivity contribution in [3.8, 4) is 0 Å². The number of nitrogens with zero attached hydrogens (tertiary/aromatic N) is 2. The van der Waals surface area contributed by atoms with E-state index in [1.54, 1.807) is 0 Å². The summed E-state index contributed by atoms with van der Waals surface area (Å²) >= 11 is 0. The number of nitrogens with two attached hydrogens (primary N) is 1. The molecule has 1 aliphatic rings. The maximum Gasteiger partial charge on any atom is 0.225 e. The van der Waals surface area contributed by atoms with Crippen molar-refractivity contribution in [1.82, 2.24) is 9.80 Å². The molecular weight excluding hydrogens is 264 g/mol. The minimum Gasteiger partial charge on any atom is -0.399 e. The van der Waals surface area contributed by atoms with Gasteiger partial charge >= 0.3 is 0 Å². The Morgan fingerprint density at radius 1 is 1.43 bits per heavy atom. The number of nitrogens with one attached hydrogen (secondary N) is 1. The molecule has 1 saturated heterocycles. The van der Waals surface area contributed by atoms with Gasteiger partial charge in [-0.3, -0.25) is 9.69 Å². The Morgan fingerprint density at radius 3 is 2.86 bits per heavy atom. The molecule has 0 aliphatic carbocycles. The Balaban J connectivity index is 1.82. The Hall–Kier alpha value is -1.59. The van der Waals surface area contributed by atoms with Crippen LogP contribution in [0.4, 0.5) is 11.4 Å². The summed E-state index contributed by atoms with van der Waals surface area (Å²) in [5, 5.41) is 2.97. The van der Waals surface area contributed by atoms with Crippen LogP contribution < -0.4 is 11.1 Å². The number of rotatable bonds is 4. The maximum absolute atomic E-state index is 12.1. The van der Waals surface area contributed by atoms with Gasteiger partial charge < -0.3 is 16.0 Å². The highest BCUT2D eigenvalue weighted by Crippen LogP contribution is 2.18. The molecule has 5 heteroatoms. The molecule has 1 atom stereocenters. The number of piperazine rings is 1. The Morgan fingerprint density at radius 2 is 2.19 bits per heavy atom. The van der Waals surface area contributed by atoms with Gasteiger partial charge in [-0.05, 0) is 44.7 Å². The highest BCUT2D eigenvalue weighted by atomic mass is 16.1. The first-order valence-electron chi connectivity index (χ1n) is 7.54. The Labute approximate surface area is 127 Å². The number of benzene rings is 1. The smallest absolute Gasteiger partial charge is 0.225 e. The van der Waals surface area contributed by atoms with Crippen LogP contribution in [0.15, 0.2) is 18.2 Å². The van der Waals surface area contributed by atoms with Crippen molar-refractivity contribution in [2.45, 2.75) is 26.3 Å². The van der Waals surface area contributed by atoms with E-state index in [0.717, 1.165) is 43.1 Å². The highest BCUT2D eigenvalue weighted by Gasteiger charge is 2.21. The van der Waals surface area contributed by atoms with Crippen LogP contribution in [-0.2, 0) is 4.79 Å². The van der Waals surface area contributed by atoms with Crippen LogP contribution in [-0.4, -0.2) is 55.0 Å². The summed E-state index contributed by atoms with van der Waals surface area (Å²) in [5.74, 6) is 0.0639. The van der Waals surface area contributed by atoms with Gasteiger partial charge in [-0.1, -0.05) is 0 Å². The van der Waals surface area contributed by atoms with Gasteiger partial charge in [0.2, 0.25) is 5.91 Å². The van der Waals surface area contributed by atoms with Crippen molar-refractivity contribution in [1.29, 1.82) is 0 Å². The molecule has 1 heterocycles. The number of hydrogen-bond donors (Lipinski definition) is 2. The molecule has 5 nitrogen and oxygen atoms in total. The maximum atomic E-state index is 12.1. The number of amides is 1. The SMILES string of the molecule is Cc1cc(N)ccc1NC(=O)CCN1CCN(C)CC1C. The number of aryl methyl sites for hydroxylation is 1. The second-order valence-electron chi connectivity index (χ2n) is 6.02. The average molecular weight is 290 g/mol. The predicted molar refractivity (Wildman–Crippen MR) is 87.4 cm³/mol. The average Bonchev–Trinajstić information content (AvgIpc) is 2.41. The molecular formula is C16H26N4O. The molecule has 0 spiro atoms. The number of carbonyl (C=O) groups is 1. The van der Waals surface area contributed by atoms with Gasteiger partial charge in [0.1, 0.15) is 0 Å². The van der Waals surface area contributed by atoms with E-state index >= 15 is 0 Å². The zero-order chi connectivity index (χ0) is 15.4. The molecule has 0 bridgehead atoms. The minimum atomic E-state index is 0.0639. The molecule has 0 saturated carbocycles. The van der Waals surface area contributed by atoms with Gasteiger partial charge in [0, 0.05) is 50.0 Å². The topological polar surface area (TPSA) is 61.6 Å². The van der Waals surface area contributed by atoms with E-state index in [1.807, 2.05) is 25.1 Å². The second-order valence-corrected chi connectivity index (χ2v) is 6.02. The first-order valence-corrected chi connectivity index (χ1v) is 7.54. The third kappa shape index (κ3) is 4.44. The van der Waals surface area contributed by atoms with E-state index in [2.05, 4.69) is 29.1 Å². The predicted octanol–water partition coefficient (Wildman–Crippen LogP) is 1.54. The molecule has 1 amide bonds. The van der Waals surface area contributed by atoms with Crippen LogP contribution in [0.25, 0.3) is 0 Å². The van der Waals surface area contributed by atoms with Crippen LogP contribution in [0.5, 0.6) is 0 Å². The summed E-state index contributed by atoms with van der Waals surface area (Å²) in [4.78, 5) is 16.8. The Kier molecular flexibility index (Phi) is 5.20. The molecule has 2 rings (SSSR count). The summed E-state index contributed by atoms with van der Waals surface area (Å²) < 4.78 is 0. The molecule has 1 unspecified atom stereocenters.